The van der Waals surface area contributed by atoms with Crippen molar-refractivity contribution < 1.29 is 13.5 Å². The number of hydrogen-bond acceptors (Lipinski definition) is 2. The molecule has 17 heavy (non-hydrogen) atoms. The molecule has 0 atom stereocenters. The molecule has 2 nitrogen and oxygen atoms in total. The lowest BCUT2D eigenvalue weighted by Crippen LogP contribution is -1.91. The van der Waals surface area contributed by atoms with Gasteiger partial charge in [0.15, 0.2) is 11.6 Å². The lowest BCUT2D eigenvalue weighted by atomic mass is 10.3. The van der Waals surface area contributed by atoms with E-state index in [0.717, 1.165) is 18.2 Å². The van der Waals surface area contributed by atoms with Crippen LogP contribution in [0.5, 0.6) is 11.5 Å². The van der Waals surface area contributed by atoms with Crippen molar-refractivity contribution in [3.05, 3.63) is 53.9 Å². The van der Waals surface area contributed by atoms with Gasteiger partial charge in [-0.2, -0.15) is 0 Å². The zero-order valence-electron chi connectivity index (χ0n) is 8.66. The number of hydrogen-bond donors (Lipinski definition) is 0. The Labute approximate surface area is 102 Å². The summed E-state index contributed by atoms with van der Waals surface area (Å²) >= 11 is 5.61. The second kappa shape index (κ2) is 5.10. The molecule has 0 unspecified atom stereocenters. The van der Waals surface area contributed by atoms with Gasteiger partial charge in [0.25, 0.3) is 0 Å². The summed E-state index contributed by atoms with van der Waals surface area (Å²) in [6.45, 7) is 0. The highest BCUT2D eigenvalue weighted by Crippen LogP contribution is 2.25. The minimum Gasteiger partial charge on any atom is -0.454 e. The number of benzene rings is 1. The Morgan fingerprint density at radius 3 is 2.76 bits per heavy atom. The molecule has 0 aliphatic heterocycles. The predicted octanol–water partition coefficient (Wildman–Crippen LogP) is 3.89. The summed E-state index contributed by atoms with van der Waals surface area (Å²) in [7, 11) is 0. The molecule has 88 valence electrons. The fourth-order valence-electron chi connectivity index (χ4n) is 1.28. The molecular weight excluding hydrogens is 248 g/mol. The first-order valence-corrected chi connectivity index (χ1v) is 5.36. The van der Waals surface area contributed by atoms with Gasteiger partial charge in [0.1, 0.15) is 11.6 Å². The average Bonchev–Trinajstić information content (AvgIpc) is 2.34. The summed E-state index contributed by atoms with van der Waals surface area (Å²) in [4.78, 5) is 3.96. The zero-order valence-corrected chi connectivity index (χ0v) is 9.42. The first kappa shape index (κ1) is 11.8. The van der Waals surface area contributed by atoms with E-state index < -0.39 is 11.6 Å². The summed E-state index contributed by atoms with van der Waals surface area (Å²) < 4.78 is 31.4. The van der Waals surface area contributed by atoms with Crippen molar-refractivity contribution in [1.82, 2.24) is 4.98 Å². The van der Waals surface area contributed by atoms with E-state index in [1.807, 2.05) is 0 Å². The number of rotatable bonds is 3. The van der Waals surface area contributed by atoms with Crippen molar-refractivity contribution in [3.63, 3.8) is 0 Å². The SMILES string of the molecule is Fc1ccc(F)c(Oc2ccnc(CCl)c2)c1. The van der Waals surface area contributed by atoms with Gasteiger partial charge in [0.2, 0.25) is 0 Å². The van der Waals surface area contributed by atoms with Gasteiger partial charge in [-0.15, -0.1) is 11.6 Å². The molecule has 2 aromatic rings. The predicted molar refractivity (Wildman–Crippen MR) is 60.2 cm³/mol. The van der Waals surface area contributed by atoms with E-state index in [1.54, 1.807) is 12.1 Å². The van der Waals surface area contributed by atoms with Crippen molar-refractivity contribution >= 4 is 11.6 Å². The van der Waals surface area contributed by atoms with Crippen LogP contribution >= 0.6 is 11.6 Å². The molecule has 0 fully saturated rings. The molecule has 0 aliphatic carbocycles. The van der Waals surface area contributed by atoms with E-state index in [9.17, 15) is 8.78 Å². The smallest absolute Gasteiger partial charge is 0.165 e. The van der Waals surface area contributed by atoms with Gasteiger partial charge in [0, 0.05) is 18.3 Å². The Bertz CT molecular complexity index is 534. The van der Waals surface area contributed by atoms with Gasteiger partial charge in [-0.05, 0) is 18.2 Å². The van der Waals surface area contributed by atoms with E-state index in [-0.39, 0.29) is 11.6 Å². The van der Waals surface area contributed by atoms with Crippen LogP contribution in [0.3, 0.4) is 0 Å². The Morgan fingerprint density at radius 1 is 1.18 bits per heavy atom. The summed E-state index contributed by atoms with van der Waals surface area (Å²) in [5.74, 6) is -0.774. The number of alkyl halides is 1. The third kappa shape index (κ3) is 2.91. The molecule has 0 radical (unpaired) electrons. The first-order chi connectivity index (χ1) is 8.19. The van der Waals surface area contributed by atoms with E-state index in [4.69, 9.17) is 16.3 Å². The van der Waals surface area contributed by atoms with Crippen LogP contribution in [0.2, 0.25) is 0 Å². The van der Waals surface area contributed by atoms with Crippen LogP contribution in [0.15, 0.2) is 36.5 Å². The highest BCUT2D eigenvalue weighted by molar-refractivity contribution is 6.16. The number of aromatic nitrogens is 1. The van der Waals surface area contributed by atoms with Crippen LogP contribution in [0, 0.1) is 11.6 Å². The molecule has 0 amide bonds. The van der Waals surface area contributed by atoms with E-state index in [0.29, 0.717) is 11.4 Å². The number of ether oxygens (including phenoxy) is 1. The normalized spacial score (nSPS) is 10.3. The van der Waals surface area contributed by atoms with Crippen LogP contribution < -0.4 is 4.74 Å². The van der Waals surface area contributed by atoms with Crippen molar-refractivity contribution in [2.75, 3.05) is 0 Å². The third-order valence-electron chi connectivity index (χ3n) is 2.05. The fraction of sp³-hybridized carbons (Fsp3) is 0.0833. The second-order valence-corrected chi connectivity index (χ2v) is 3.56. The standard InChI is InChI=1S/C12H8ClF2NO/c13-7-9-6-10(3-4-16-9)17-12-5-8(14)1-2-11(12)15/h1-6H,7H2. The summed E-state index contributed by atoms with van der Waals surface area (Å²) in [6, 6.07) is 6.13. The Morgan fingerprint density at radius 2 is 2.00 bits per heavy atom. The summed E-state index contributed by atoms with van der Waals surface area (Å²) in [5.41, 5.74) is 0.598. The molecule has 0 spiro atoms. The average molecular weight is 256 g/mol. The van der Waals surface area contributed by atoms with Crippen LogP contribution in [0.4, 0.5) is 8.78 Å². The summed E-state index contributed by atoms with van der Waals surface area (Å²) in [5, 5.41) is 0. The Balaban J connectivity index is 2.27. The summed E-state index contributed by atoms with van der Waals surface area (Å²) in [6.07, 6.45) is 1.49. The quantitative estimate of drug-likeness (QED) is 0.776. The maximum atomic E-state index is 13.3. The van der Waals surface area contributed by atoms with Crippen LogP contribution in [0.1, 0.15) is 5.69 Å². The largest absolute Gasteiger partial charge is 0.454 e. The maximum Gasteiger partial charge on any atom is 0.165 e. The molecule has 1 heterocycles. The van der Waals surface area contributed by atoms with Crippen LogP contribution in [0.25, 0.3) is 0 Å². The third-order valence-corrected chi connectivity index (χ3v) is 2.32. The first-order valence-electron chi connectivity index (χ1n) is 4.83. The molecule has 0 saturated carbocycles. The van der Waals surface area contributed by atoms with Gasteiger partial charge < -0.3 is 4.74 Å². The molecule has 5 heteroatoms. The number of halogens is 3. The molecule has 1 aromatic carbocycles. The lowest BCUT2D eigenvalue weighted by Gasteiger charge is -2.07. The molecule has 2 rings (SSSR count). The van der Waals surface area contributed by atoms with E-state index in [2.05, 4.69) is 4.98 Å². The minimum absolute atomic E-state index is 0.170. The molecule has 0 aliphatic rings. The fourth-order valence-corrected chi connectivity index (χ4v) is 1.42. The van der Waals surface area contributed by atoms with Crippen molar-refractivity contribution in [2.45, 2.75) is 5.88 Å². The van der Waals surface area contributed by atoms with Crippen LogP contribution in [-0.4, -0.2) is 4.98 Å². The molecule has 0 bridgehead atoms. The van der Waals surface area contributed by atoms with E-state index in [1.165, 1.54) is 6.20 Å². The molecular formula is C12H8ClF2NO. The Hall–Kier alpha value is -1.68. The highest BCUT2D eigenvalue weighted by Gasteiger charge is 2.06. The molecule has 1 aromatic heterocycles. The lowest BCUT2D eigenvalue weighted by molar-refractivity contribution is 0.435. The highest BCUT2D eigenvalue weighted by atomic mass is 35.5. The van der Waals surface area contributed by atoms with Crippen molar-refractivity contribution in [3.8, 4) is 11.5 Å². The zero-order chi connectivity index (χ0) is 12.3. The number of pyridine rings is 1. The van der Waals surface area contributed by atoms with Crippen molar-refractivity contribution in [2.24, 2.45) is 0 Å². The number of nitrogens with zero attached hydrogens (tertiary/aromatic N) is 1. The van der Waals surface area contributed by atoms with Gasteiger partial charge >= 0.3 is 0 Å². The van der Waals surface area contributed by atoms with Gasteiger partial charge in [0.05, 0.1) is 11.6 Å². The molecule has 0 N–H and O–H groups in total. The van der Waals surface area contributed by atoms with Gasteiger partial charge in [-0.1, -0.05) is 0 Å². The van der Waals surface area contributed by atoms with Gasteiger partial charge in [-0.3, -0.25) is 4.98 Å². The minimum atomic E-state index is -0.629. The van der Waals surface area contributed by atoms with E-state index >= 15 is 0 Å². The Kier molecular flexibility index (Phi) is 3.54. The van der Waals surface area contributed by atoms with Gasteiger partial charge in [-0.25, -0.2) is 8.78 Å². The van der Waals surface area contributed by atoms with Crippen LogP contribution in [-0.2, 0) is 5.88 Å². The topological polar surface area (TPSA) is 22.1 Å². The molecule has 0 saturated heterocycles. The van der Waals surface area contributed by atoms with Crippen molar-refractivity contribution in [1.29, 1.82) is 0 Å². The maximum absolute atomic E-state index is 13.3. The second-order valence-electron chi connectivity index (χ2n) is 3.29. The monoisotopic (exact) mass is 255 g/mol.